The number of nitrogens with zero attached hydrogens (tertiary/aromatic N) is 1. The molecule has 30 heavy (non-hydrogen) atoms. The van der Waals surface area contributed by atoms with Gasteiger partial charge >= 0.3 is 6.18 Å². The molecule has 0 radical (unpaired) electrons. The molecule has 0 unspecified atom stereocenters. The second-order valence-electron chi connectivity index (χ2n) is 6.52. The van der Waals surface area contributed by atoms with E-state index < -0.39 is 17.6 Å². The van der Waals surface area contributed by atoms with Crippen molar-refractivity contribution in [3.05, 3.63) is 83.4 Å². The molecule has 5 nitrogen and oxygen atoms in total. The molecule has 0 aromatic heterocycles. The van der Waals surface area contributed by atoms with Crippen LogP contribution in [0.1, 0.15) is 21.5 Å². The van der Waals surface area contributed by atoms with Crippen molar-refractivity contribution in [1.29, 1.82) is 0 Å². The first-order chi connectivity index (χ1) is 14.2. The van der Waals surface area contributed by atoms with Gasteiger partial charge in [-0.2, -0.15) is 13.2 Å². The van der Waals surface area contributed by atoms with Gasteiger partial charge in [0.2, 0.25) is 0 Å². The summed E-state index contributed by atoms with van der Waals surface area (Å²) in [4.78, 5) is 16.5. The lowest BCUT2D eigenvalue weighted by atomic mass is 10.00. The molecule has 0 aliphatic carbocycles. The number of rotatable bonds is 4. The van der Waals surface area contributed by atoms with Gasteiger partial charge in [0.1, 0.15) is 5.84 Å². The van der Waals surface area contributed by atoms with Crippen molar-refractivity contribution in [3.8, 4) is 11.1 Å². The van der Waals surface area contributed by atoms with E-state index in [2.05, 4.69) is 10.3 Å². The van der Waals surface area contributed by atoms with E-state index in [1.54, 1.807) is 49.5 Å². The van der Waals surface area contributed by atoms with Crippen molar-refractivity contribution in [3.63, 3.8) is 0 Å². The zero-order chi connectivity index (χ0) is 21.9. The number of hydrogen-bond acceptors (Lipinski definition) is 3. The SMILES string of the molecule is CN=C(N)c1ccc(-c2cccc(C(=O)Nc3cccc(C(F)(F)F)c3)c2)cc1N. The van der Waals surface area contributed by atoms with Crippen molar-refractivity contribution in [2.45, 2.75) is 6.18 Å². The third-order valence-electron chi connectivity index (χ3n) is 4.47. The van der Waals surface area contributed by atoms with Gasteiger partial charge in [0.25, 0.3) is 5.91 Å². The van der Waals surface area contributed by atoms with Crippen LogP contribution in [0, 0.1) is 0 Å². The lowest BCUT2D eigenvalue weighted by molar-refractivity contribution is -0.137. The molecule has 0 aliphatic heterocycles. The van der Waals surface area contributed by atoms with E-state index in [0.717, 1.165) is 23.3 Å². The molecular weight excluding hydrogens is 393 g/mol. The molecule has 0 fully saturated rings. The van der Waals surface area contributed by atoms with E-state index in [1.165, 1.54) is 12.1 Å². The topological polar surface area (TPSA) is 93.5 Å². The molecule has 0 atom stereocenters. The molecule has 0 saturated heterocycles. The predicted octanol–water partition coefficient (Wildman–Crippen LogP) is 4.54. The Morgan fingerprint density at radius 1 is 0.967 bits per heavy atom. The summed E-state index contributed by atoms with van der Waals surface area (Å²) in [6.45, 7) is 0. The second kappa shape index (κ2) is 8.28. The number of amidine groups is 1. The van der Waals surface area contributed by atoms with E-state index in [4.69, 9.17) is 11.5 Å². The molecule has 0 saturated carbocycles. The lowest BCUT2D eigenvalue weighted by Crippen LogP contribution is -2.15. The van der Waals surface area contributed by atoms with Gasteiger partial charge in [0.05, 0.1) is 5.56 Å². The fraction of sp³-hybridized carbons (Fsp3) is 0.0909. The third kappa shape index (κ3) is 4.60. The third-order valence-corrected chi connectivity index (χ3v) is 4.47. The Kier molecular flexibility index (Phi) is 5.77. The highest BCUT2D eigenvalue weighted by Crippen LogP contribution is 2.31. The van der Waals surface area contributed by atoms with Gasteiger partial charge in [-0.05, 0) is 53.6 Å². The Labute approximate surface area is 171 Å². The predicted molar refractivity (Wildman–Crippen MR) is 112 cm³/mol. The van der Waals surface area contributed by atoms with Crippen molar-refractivity contribution in [2.75, 3.05) is 18.1 Å². The van der Waals surface area contributed by atoms with Gasteiger partial charge in [-0.15, -0.1) is 0 Å². The normalized spacial score (nSPS) is 11.9. The van der Waals surface area contributed by atoms with E-state index in [-0.39, 0.29) is 5.69 Å². The minimum atomic E-state index is -4.49. The number of anilines is 2. The fourth-order valence-electron chi connectivity index (χ4n) is 2.91. The molecule has 8 heteroatoms. The van der Waals surface area contributed by atoms with E-state index in [1.807, 2.05) is 0 Å². The van der Waals surface area contributed by atoms with Crippen LogP contribution in [0.3, 0.4) is 0 Å². The molecule has 0 aliphatic rings. The Morgan fingerprint density at radius 2 is 1.67 bits per heavy atom. The van der Waals surface area contributed by atoms with Gasteiger partial charge in [-0.3, -0.25) is 9.79 Å². The Hall–Kier alpha value is -3.81. The average Bonchev–Trinajstić information content (AvgIpc) is 2.73. The van der Waals surface area contributed by atoms with Gasteiger partial charge in [-0.1, -0.05) is 24.3 Å². The highest BCUT2D eigenvalue weighted by Gasteiger charge is 2.30. The molecule has 0 spiro atoms. The van der Waals surface area contributed by atoms with Crippen molar-refractivity contribution in [1.82, 2.24) is 0 Å². The summed E-state index contributed by atoms with van der Waals surface area (Å²) in [5, 5.41) is 2.50. The molecule has 1 amide bonds. The second-order valence-corrected chi connectivity index (χ2v) is 6.52. The number of carbonyl (C=O) groups is 1. The zero-order valence-electron chi connectivity index (χ0n) is 16.0. The Bertz CT molecular complexity index is 1120. The quantitative estimate of drug-likeness (QED) is 0.334. The number of benzene rings is 3. The van der Waals surface area contributed by atoms with Crippen LogP contribution in [0.25, 0.3) is 11.1 Å². The number of nitrogen functional groups attached to an aromatic ring is 1. The fourth-order valence-corrected chi connectivity index (χ4v) is 2.91. The van der Waals surface area contributed by atoms with Crippen LogP contribution in [-0.2, 0) is 6.18 Å². The van der Waals surface area contributed by atoms with Crippen LogP contribution in [0.4, 0.5) is 24.5 Å². The molecular formula is C22H19F3N4O. The standard InChI is InChI=1S/C22H19F3N4O/c1-28-20(27)18-9-8-14(11-19(18)26)13-4-2-5-15(10-13)21(30)29-17-7-3-6-16(12-17)22(23,24)25/h2-12H,26H2,1H3,(H2,27,28)(H,29,30). The van der Waals surface area contributed by atoms with Crippen LogP contribution in [0.2, 0.25) is 0 Å². The molecule has 3 aromatic carbocycles. The van der Waals surface area contributed by atoms with Crippen LogP contribution in [-0.4, -0.2) is 18.8 Å². The molecule has 0 heterocycles. The molecule has 3 aromatic rings. The molecule has 3 rings (SSSR count). The smallest absolute Gasteiger partial charge is 0.398 e. The van der Waals surface area contributed by atoms with Crippen molar-refractivity contribution in [2.24, 2.45) is 10.7 Å². The van der Waals surface area contributed by atoms with Crippen molar-refractivity contribution < 1.29 is 18.0 Å². The summed E-state index contributed by atoms with van der Waals surface area (Å²) in [6.07, 6.45) is -4.49. The number of aliphatic imine (C=N–C) groups is 1. The van der Waals surface area contributed by atoms with Crippen LogP contribution >= 0.6 is 0 Å². The summed E-state index contributed by atoms with van der Waals surface area (Å²) in [7, 11) is 1.56. The highest BCUT2D eigenvalue weighted by molar-refractivity contribution is 6.05. The number of amides is 1. The maximum absolute atomic E-state index is 12.9. The summed E-state index contributed by atoms with van der Waals surface area (Å²) in [5.74, 6) is -0.212. The Morgan fingerprint density at radius 3 is 2.33 bits per heavy atom. The summed E-state index contributed by atoms with van der Waals surface area (Å²) < 4.78 is 38.6. The van der Waals surface area contributed by atoms with E-state index in [9.17, 15) is 18.0 Å². The monoisotopic (exact) mass is 412 g/mol. The largest absolute Gasteiger partial charge is 0.416 e. The number of hydrogen-bond donors (Lipinski definition) is 3. The number of nitrogens with two attached hydrogens (primary N) is 2. The maximum atomic E-state index is 12.9. The molecule has 0 bridgehead atoms. The first-order valence-electron chi connectivity index (χ1n) is 8.90. The number of alkyl halides is 3. The van der Waals surface area contributed by atoms with Gasteiger partial charge in [0.15, 0.2) is 0 Å². The minimum absolute atomic E-state index is 0.0585. The van der Waals surface area contributed by atoms with E-state index >= 15 is 0 Å². The maximum Gasteiger partial charge on any atom is 0.416 e. The number of carbonyl (C=O) groups excluding carboxylic acids is 1. The summed E-state index contributed by atoms with van der Waals surface area (Å²) in [5.41, 5.74) is 13.9. The lowest BCUT2D eigenvalue weighted by Gasteiger charge is -2.11. The number of halogens is 3. The number of nitrogens with one attached hydrogen (secondary N) is 1. The van der Waals surface area contributed by atoms with E-state index in [0.29, 0.717) is 22.6 Å². The minimum Gasteiger partial charge on any atom is -0.398 e. The zero-order valence-corrected chi connectivity index (χ0v) is 16.0. The van der Waals surface area contributed by atoms with Crippen molar-refractivity contribution >= 4 is 23.1 Å². The first kappa shape index (κ1) is 20.9. The van der Waals surface area contributed by atoms with Crippen LogP contribution < -0.4 is 16.8 Å². The summed E-state index contributed by atoms with van der Waals surface area (Å²) in [6, 6.07) is 16.4. The first-order valence-corrected chi connectivity index (χ1v) is 8.90. The summed E-state index contributed by atoms with van der Waals surface area (Å²) >= 11 is 0. The molecule has 5 N–H and O–H groups in total. The highest BCUT2D eigenvalue weighted by atomic mass is 19.4. The van der Waals surface area contributed by atoms with Crippen LogP contribution in [0.5, 0.6) is 0 Å². The van der Waals surface area contributed by atoms with Gasteiger partial charge in [-0.25, -0.2) is 0 Å². The Balaban J connectivity index is 1.85. The van der Waals surface area contributed by atoms with Gasteiger partial charge in [0, 0.05) is 29.5 Å². The van der Waals surface area contributed by atoms with Crippen LogP contribution in [0.15, 0.2) is 71.7 Å². The molecule has 154 valence electrons. The van der Waals surface area contributed by atoms with Gasteiger partial charge < -0.3 is 16.8 Å². The average molecular weight is 412 g/mol.